The first-order valence-corrected chi connectivity index (χ1v) is 4.64. The van der Waals surface area contributed by atoms with E-state index < -0.39 is 0 Å². The Morgan fingerprint density at radius 3 is 2.33 bits per heavy atom. The molecule has 12 heavy (non-hydrogen) atoms. The van der Waals surface area contributed by atoms with E-state index in [4.69, 9.17) is 4.74 Å². The Balaban J connectivity index is 3.72. The molecule has 0 aliphatic carbocycles. The first kappa shape index (κ1) is 11.9. The van der Waals surface area contributed by atoms with Crippen LogP contribution in [0.15, 0.2) is 0 Å². The zero-order valence-corrected chi connectivity index (χ0v) is 9.47. The van der Waals surface area contributed by atoms with Crippen LogP contribution in [0.2, 0.25) is 0 Å². The molecule has 4 heteroatoms. The maximum absolute atomic E-state index is 10.9. The van der Waals surface area contributed by atoms with Crippen LogP contribution in [0.25, 0.3) is 0 Å². The summed E-state index contributed by atoms with van der Waals surface area (Å²) in [5, 5.41) is 0. The molecule has 0 aromatic rings. The highest BCUT2D eigenvalue weighted by Gasteiger charge is 2.19. The molecule has 0 aliphatic rings. The van der Waals surface area contributed by atoms with Gasteiger partial charge in [-0.2, -0.15) is 0 Å². The molecule has 0 aromatic carbocycles. The summed E-state index contributed by atoms with van der Waals surface area (Å²) in [4.78, 5) is 10.5. The third kappa shape index (κ3) is 5.55. The molecule has 0 amide bonds. The number of carbonyl (C=O) groups is 1. The van der Waals surface area contributed by atoms with Gasteiger partial charge in [-0.15, -0.1) is 0 Å². The molecule has 0 saturated heterocycles. The van der Waals surface area contributed by atoms with E-state index in [1.165, 1.54) is 7.11 Å². The van der Waals surface area contributed by atoms with Crippen molar-refractivity contribution in [1.29, 1.82) is 0 Å². The average molecular weight is 239 g/mol. The predicted molar refractivity (Wildman–Crippen MR) is 50.4 cm³/mol. The van der Waals surface area contributed by atoms with E-state index in [-0.39, 0.29) is 16.4 Å². The van der Waals surface area contributed by atoms with Crippen molar-refractivity contribution in [1.82, 2.24) is 0 Å². The Morgan fingerprint density at radius 2 is 2.00 bits per heavy atom. The molecular weight excluding hydrogens is 224 g/mol. The second kappa shape index (κ2) is 4.82. The summed E-state index contributed by atoms with van der Waals surface area (Å²) in [6.45, 7) is 6.13. The minimum Gasteiger partial charge on any atom is -0.468 e. The molecule has 0 bridgehead atoms. The Morgan fingerprint density at radius 1 is 1.50 bits per heavy atom. The number of esters is 1. The molecule has 1 atom stereocenters. The first-order valence-electron chi connectivity index (χ1n) is 3.72. The number of rotatable bonds is 3. The van der Waals surface area contributed by atoms with Crippen LogP contribution in [0.4, 0.5) is 0 Å². The first-order chi connectivity index (χ1) is 5.37. The molecule has 0 fully saturated rings. The lowest BCUT2D eigenvalue weighted by atomic mass is 10.2. The third-order valence-corrected chi connectivity index (χ3v) is 1.76. The second-order valence-electron chi connectivity index (χ2n) is 3.41. The van der Waals surface area contributed by atoms with Crippen molar-refractivity contribution in [2.75, 3.05) is 13.7 Å². The molecule has 0 saturated carbocycles. The number of halogens is 1. The smallest absolute Gasteiger partial charge is 0.321 e. The fourth-order valence-electron chi connectivity index (χ4n) is 0.519. The van der Waals surface area contributed by atoms with E-state index >= 15 is 0 Å². The van der Waals surface area contributed by atoms with Crippen LogP contribution in [0.3, 0.4) is 0 Å². The van der Waals surface area contributed by atoms with Gasteiger partial charge in [0, 0.05) is 0 Å². The Labute approximate surface area is 81.6 Å². The minimum atomic E-state index is -0.373. The number of hydrogen-bond donors (Lipinski definition) is 0. The fourth-order valence-corrected chi connectivity index (χ4v) is 0.838. The van der Waals surface area contributed by atoms with Crippen molar-refractivity contribution in [3.05, 3.63) is 0 Å². The van der Waals surface area contributed by atoms with E-state index in [0.29, 0.717) is 6.61 Å². The number of methoxy groups -OCH3 is 1. The van der Waals surface area contributed by atoms with Gasteiger partial charge < -0.3 is 9.47 Å². The number of carbonyl (C=O) groups excluding carboxylic acids is 1. The zero-order chi connectivity index (χ0) is 9.78. The van der Waals surface area contributed by atoms with Gasteiger partial charge >= 0.3 is 5.97 Å². The van der Waals surface area contributed by atoms with Crippen molar-refractivity contribution in [2.45, 2.75) is 31.2 Å². The topological polar surface area (TPSA) is 35.5 Å². The van der Waals surface area contributed by atoms with Gasteiger partial charge in [-0.3, -0.25) is 4.79 Å². The summed E-state index contributed by atoms with van der Waals surface area (Å²) in [7, 11) is 1.35. The Bertz CT molecular complexity index is 151. The van der Waals surface area contributed by atoms with Gasteiger partial charge in [-0.05, 0) is 20.8 Å². The lowest BCUT2D eigenvalue weighted by Crippen LogP contribution is -2.28. The third-order valence-electron chi connectivity index (χ3n) is 1.12. The van der Waals surface area contributed by atoms with Gasteiger partial charge in [-0.1, -0.05) is 15.9 Å². The summed E-state index contributed by atoms with van der Waals surface area (Å²) < 4.78 is 9.88. The van der Waals surface area contributed by atoms with E-state index in [1.807, 2.05) is 20.8 Å². The molecule has 0 spiro atoms. The van der Waals surface area contributed by atoms with Crippen LogP contribution in [0, 0.1) is 0 Å². The standard InChI is InChI=1S/C8H15BrO3/c1-8(2,3)12-5-6(9)7(10)11-4/h6H,5H2,1-4H3/t6-/m0/s1. The lowest BCUT2D eigenvalue weighted by molar-refractivity contribution is -0.141. The molecule has 0 unspecified atom stereocenters. The summed E-state index contributed by atoms with van der Waals surface area (Å²) in [5.74, 6) is -0.306. The SMILES string of the molecule is COC(=O)[C@@H](Br)COC(C)(C)C. The monoisotopic (exact) mass is 238 g/mol. The second-order valence-corrected chi connectivity index (χ2v) is 4.52. The van der Waals surface area contributed by atoms with E-state index in [9.17, 15) is 4.79 Å². The highest BCUT2D eigenvalue weighted by Crippen LogP contribution is 2.11. The molecule has 0 aliphatic heterocycles. The average Bonchev–Trinajstić information content (AvgIpc) is 1.97. The maximum atomic E-state index is 10.9. The van der Waals surface area contributed by atoms with Gasteiger partial charge in [0.25, 0.3) is 0 Å². The fraction of sp³-hybridized carbons (Fsp3) is 0.875. The van der Waals surface area contributed by atoms with Crippen molar-refractivity contribution < 1.29 is 14.3 Å². The van der Waals surface area contributed by atoms with Crippen molar-refractivity contribution in [3.8, 4) is 0 Å². The lowest BCUT2D eigenvalue weighted by Gasteiger charge is -2.20. The van der Waals surface area contributed by atoms with Crippen molar-refractivity contribution in [3.63, 3.8) is 0 Å². The molecule has 3 nitrogen and oxygen atoms in total. The van der Waals surface area contributed by atoms with Gasteiger partial charge in [0.1, 0.15) is 4.83 Å². The minimum absolute atomic E-state index is 0.222. The highest BCUT2D eigenvalue weighted by molar-refractivity contribution is 9.10. The van der Waals surface area contributed by atoms with Crippen LogP contribution < -0.4 is 0 Å². The number of hydrogen-bond acceptors (Lipinski definition) is 3. The van der Waals surface area contributed by atoms with E-state index in [0.717, 1.165) is 0 Å². The maximum Gasteiger partial charge on any atom is 0.321 e. The predicted octanol–water partition coefficient (Wildman–Crippen LogP) is 1.74. The van der Waals surface area contributed by atoms with Gasteiger partial charge in [0.15, 0.2) is 0 Å². The van der Waals surface area contributed by atoms with Crippen LogP contribution in [-0.2, 0) is 14.3 Å². The van der Waals surface area contributed by atoms with Crippen molar-refractivity contribution in [2.24, 2.45) is 0 Å². The van der Waals surface area contributed by atoms with Crippen LogP contribution in [-0.4, -0.2) is 30.1 Å². The molecule has 0 radical (unpaired) electrons. The van der Waals surface area contributed by atoms with Crippen LogP contribution >= 0.6 is 15.9 Å². The van der Waals surface area contributed by atoms with Gasteiger partial charge in [-0.25, -0.2) is 0 Å². The number of alkyl halides is 1. The van der Waals surface area contributed by atoms with Gasteiger partial charge in [0.2, 0.25) is 0 Å². The van der Waals surface area contributed by atoms with Gasteiger partial charge in [0.05, 0.1) is 19.3 Å². The molecule has 72 valence electrons. The quantitative estimate of drug-likeness (QED) is 0.555. The molecular formula is C8H15BrO3. The van der Waals surface area contributed by atoms with E-state index in [2.05, 4.69) is 20.7 Å². The Kier molecular flexibility index (Phi) is 4.78. The molecule has 0 aromatic heterocycles. The normalized spacial score (nSPS) is 14.1. The van der Waals surface area contributed by atoms with Crippen molar-refractivity contribution >= 4 is 21.9 Å². The highest BCUT2D eigenvalue weighted by atomic mass is 79.9. The summed E-state index contributed by atoms with van der Waals surface area (Å²) in [6, 6.07) is 0. The summed E-state index contributed by atoms with van der Waals surface area (Å²) >= 11 is 3.16. The Hall–Kier alpha value is -0.0900. The number of ether oxygens (including phenoxy) is 2. The van der Waals surface area contributed by atoms with E-state index in [1.54, 1.807) is 0 Å². The van der Waals surface area contributed by atoms with Crippen LogP contribution in [0.1, 0.15) is 20.8 Å². The molecule has 0 N–H and O–H groups in total. The van der Waals surface area contributed by atoms with Crippen LogP contribution in [0.5, 0.6) is 0 Å². The molecule has 0 heterocycles. The molecule has 0 rings (SSSR count). The summed E-state index contributed by atoms with van der Waals surface area (Å²) in [5.41, 5.74) is -0.222. The zero-order valence-electron chi connectivity index (χ0n) is 7.89. The summed E-state index contributed by atoms with van der Waals surface area (Å²) in [6.07, 6.45) is 0. The largest absolute Gasteiger partial charge is 0.468 e.